The van der Waals surface area contributed by atoms with E-state index in [0.717, 1.165) is 11.3 Å². The summed E-state index contributed by atoms with van der Waals surface area (Å²) in [7, 11) is -0.243. The lowest BCUT2D eigenvalue weighted by Gasteiger charge is -2.47. The van der Waals surface area contributed by atoms with Crippen molar-refractivity contribution >= 4 is 33.5 Å². The van der Waals surface area contributed by atoms with Crippen molar-refractivity contribution in [2.24, 2.45) is 29.5 Å². The van der Waals surface area contributed by atoms with Gasteiger partial charge in [0.05, 0.1) is 28.4 Å². The van der Waals surface area contributed by atoms with Gasteiger partial charge in [-0.3, -0.25) is 14.4 Å². The molecule has 1 aromatic heterocycles. The van der Waals surface area contributed by atoms with Crippen LogP contribution in [0, 0.1) is 23.7 Å². The van der Waals surface area contributed by atoms with Crippen molar-refractivity contribution in [2.75, 3.05) is 33.6 Å². The zero-order valence-electron chi connectivity index (χ0n) is 39.1. The molecule has 4 heterocycles. The van der Waals surface area contributed by atoms with Gasteiger partial charge in [0.1, 0.15) is 48.8 Å². The Morgan fingerprint density at radius 3 is 2.29 bits per heavy atom. The van der Waals surface area contributed by atoms with Crippen LogP contribution < -0.4 is 5.84 Å². The fourth-order valence-corrected chi connectivity index (χ4v) is 10.4. The molecule has 3 fully saturated rings. The van der Waals surface area contributed by atoms with Gasteiger partial charge in [0.2, 0.25) is 0 Å². The van der Waals surface area contributed by atoms with E-state index in [0.29, 0.717) is 30.6 Å². The molecule has 5 rings (SSSR count). The summed E-state index contributed by atoms with van der Waals surface area (Å²) < 4.78 is 70.0. The molecule has 1 amide bonds. The first-order valence-electron chi connectivity index (χ1n) is 22.1. The predicted octanol–water partition coefficient (Wildman–Crippen LogP) is 2.92. The zero-order valence-corrected chi connectivity index (χ0v) is 39.9. The Bertz CT molecular complexity index is 2130. The van der Waals surface area contributed by atoms with Gasteiger partial charge in [0.25, 0.3) is 0 Å². The molecule has 3 aliphatic rings. The number of aromatic nitrogens is 3. The highest BCUT2D eigenvalue weighted by Crippen LogP contribution is 2.42. The number of likely N-dealkylation sites (N-methyl/N-ethyl adjacent to an activating group) is 1. The topological polar surface area (TPSA) is 252 Å². The number of ether oxygens (including phenoxy) is 5. The molecule has 21 heteroatoms. The number of benzene rings is 1. The number of methoxy groups -OCH3 is 1. The number of alkyl halides is 1. The number of halogens is 1. The largest absolute Gasteiger partial charge is 0.458 e. The Labute approximate surface area is 380 Å². The Morgan fingerprint density at radius 2 is 1.71 bits per heavy atom. The summed E-state index contributed by atoms with van der Waals surface area (Å²) in [6, 6.07) is 2.83. The van der Waals surface area contributed by atoms with Gasteiger partial charge in [-0.2, -0.15) is 0 Å². The van der Waals surface area contributed by atoms with Crippen molar-refractivity contribution in [1.82, 2.24) is 24.9 Å². The number of sulfone groups is 1. The van der Waals surface area contributed by atoms with E-state index < -0.39 is 124 Å². The number of Topliss-reactive ketones (excluding diaryl/α,β-unsaturated/α-hetero) is 2. The average Bonchev–Trinajstić information content (AvgIpc) is 3.82. The number of nitrogens with two attached hydrogens (primary N) is 1. The SMILES string of the molecule is CC[C@H]1OC(=O)C(C)C(=O)[C@H](C)[C@@H](OC2OC(C)CC(N(C)CCc3cn([C@H](CF)[C@H](O)c4ccc(S(C)(=O)=O)cc4)nn3)[C@H]2O)[C@](C)(OC)C[C@@H](C)C(=O)C(C)C2N(N)C(=O)O[C@@]21C. The molecule has 65 heavy (non-hydrogen) atoms. The third-order valence-electron chi connectivity index (χ3n) is 13.8. The number of carbonyl (C=O) groups is 4. The molecule has 0 bridgehead atoms. The molecule has 19 nitrogen and oxygen atoms in total. The van der Waals surface area contributed by atoms with Crippen LogP contribution in [-0.2, 0) is 54.3 Å². The maximum Gasteiger partial charge on any atom is 0.425 e. The monoisotopic (exact) mass is 938 g/mol. The molecule has 0 spiro atoms. The molecular formula is C44H67FN6O13S. The number of aliphatic hydroxyl groups is 2. The molecule has 0 aliphatic carbocycles. The van der Waals surface area contributed by atoms with E-state index in [4.69, 9.17) is 29.5 Å². The lowest BCUT2D eigenvalue weighted by molar-refractivity contribution is -0.296. The number of rotatable bonds is 13. The number of esters is 1. The minimum absolute atomic E-state index is 0.0198. The third kappa shape index (κ3) is 10.8. The highest BCUT2D eigenvalue weighted by molar-refractivity contribution is 7.90. The summed E-state index contributed by atoms with van der Waals surface area (Å²) in [5.74, 6) is 0.490. The Hall–Kier alpha value is -3.96. The van der Waals surface area contributed by atoms with E-state index in [9.17, 15) is 42.2 Å². The minimum atomic E-state index is -3.47. The van der Waals surface area contributed by atoms with Crippen LogP contribution in [-0.4, -0.2) is 155 Å². The highest BCUT2D eigenvalue weighted by Gasteiger charge is 2.60. The maximum absolute atomic E-state index is 14.4. The molecule has 3 saturated heterocycles. The first-order chi connectivity index (χ1) is 30.3. The molecule has 15 atom stereocenters. The summed E-state index contributed by atoms with van der Waals surface area (Å²) in [5, 5.41) is 32.1. The van der Waals surface area contributed by atoms with Crippen LogP contribution in [0.25, 0.3) is 0 Å². The van der Waals surface area contributed by atoms with Crippen LogP contribution in [0.3, 0.4) is 0 Å². The average molecular weight is 939 g/mol. The van der Waals surface area contributed by atoms with Gasteiger partial charge in [-0.25, -0.2) is 33.1 Å². The molecule has 364 valence electrons. The summed E-state index contributed by atoms with van der Waals surface area (Å²) in [5.41, 5.74) is -2.13. The molecular weight excluding hydrogens is 872 g/mol. The van der Waals surface area contributed by atoms with Crippen molar-refractivity contribution in [3.8, 4) is 0 Å². The number of carbonyl (C=O) groups excluding carboxylic acids is 4. The number of ketones is 2. The standard InChI is InChI=1S/C44H67FN6O13S/c1-12-33-44(8)38(51(46)42(57)64-44)25(4)34(52)23(2)20-43(7,60-10)39(26(5)35(53)27(6)40(56)62-33)63-41-37(55)31(19-24(3)61-41)49(9)18-17-29-22-50(48-47-29)32(21-45)36(54)28-13-15-30(16-14-28)65(11,58)59/h13-16,22-27,31-33,36-39,41,54-55H,12,17-21,46H2,1-11H3/t23-,24?,25?,26+,27?,31?,32-,33-,36-,37-,38?,39-,41?,43-,44-/m1/s1. The van der Waals surface area contributed by atoms with Crippen LogP contribution in [0.2, 0.25) is 0 Å². The fraction of sp³-hybridized carbons (Fsp3) is 0.727. The summed E-state index contributed by atoms with van der Waals surface area (Å²) >= 11 is 0. The second kappa shape index (κ2) is 20.5. The Kier molecular flexibility index (Phi) is 16.4. The maximum atomic E-state index is 14.4. The van der Waals surface area contributed by atoms with Crippen LogP contribution in [0.1, 0.15) is 98.1 Å². The molecule has 1 aromatic carbocycles. The van der Waals surface area contributed by atoms with Gasteiger partial charge in [0, 0.05) is 56.3 Å². The molecule has 3 aliphatic heterocycles. The minimum Gasteiger partial charge on any atom is -0.458 e. The van der Waals surface area contributed by atoms with Crippen LogP contribution in [0.5, 0.6) is 0 Å². The first kappa shape index (κ1) is 52.0. The number of amides is 1. The van der Waals surface area contributed by atoms with E-state index in [1.807, 2.05) is 11.8 Å². The number of cyclic esters (lactones) is 1. The van der Waals surface area contributed by atoms with Gasteiger partial charge < -0.3 is 38.8 Å². The third-order valence-corrected chi connectivity index (χ3v) is 14.9. The molecule has 0 saturated carbocycles. The van der Waals surface area contributed by atoms with Crippen LogP contribution >= 0.6 is 0 Å². The zero-order chi connectivity index (χ0) is 48.5. The van der Waals surface area contributed by atoms with Gasteiger partial charge in [0.15, 0.2) is 27.5 Å². The lowest BCUT2D eigenvalue weighted by Crippen LogP contribution is -2.61. The van der Waals surface area contributed by atoms with Gasteiger partial charge in [-0.05, 0) is 71.7 Å². The number of hydrogen-bond acceptors (Lipinski definition) is 17. The molecule has 2 aromatic rings. The van der Waals surface area contributed by atoms with Crippen molar-refractivity contribution in [3.63, 3.8) is 0 Å². The summed E-state index contributed by atoms with van der Waals surface area (Å²) in [6.45, 7) is 12.5. The predicted molar refractivity (Wildman–Crippen MR) is 231 cm³/mol. The normalized spacial score (nSPS) is 35.3. The number of fused-ring (bicyclic) bond motifs is 1. The second-order valence-electron chi connectivity index (χ2n) is 18.6. The fourth-order valence-electron chi connectivity index (χ4n) is 9.82. The van der Waals surface area contributed by atoms with Crippen molar-refractivity contribution in [1.29, 1.82) is 0 Å². The number of nitrogens with zero attached hydrogens (tertiary/aromatic N) is 5. The van der Waals surface area contributed by atoms with E-state index in [2.05, 4.69) is 10.3 Å². The molecule has 0 radical (unpaired) electrons. The van der Waals surface area contributed by atoms with Crippen LogP contribution in [0.15, 0.2) is 35.4 Å². The van der Waals surface area contributed by atoms with E-state index in [-0.39, 0.29) is 23.5 Å². The van der Waals surface area contributed by atoms with Crippen molar-refractivity contribution < 1.29 is 65.9 Å². The number of hydrogen-bond donors (Lipinski definition) is 3. The van der Waals surface area contributed by atoms with Crippen molar-refractivity contribution in [3.05, 3.63) is 41.7 Å². The van der Waals surface area contributed by atoms with Gasteiger partial charge >= 0.3 is 12.1 Å². The first-order valence-corrected chi connectivity index (χ1v) is 24.0. The Morgan fingerprint density at radius 1 is 1.06 bits per heavy atom. The summed E-state index contributed by atoms with van der Waals surface area (Å²) in [6.07, 6.45) is -4.00. The van der Waals surface area contributed by atoms with Crippen LogP contribution in [0.4, 0.5) is 9.18 Å². The van der Waals surface area contributed by atoms with Crippen molar-refractivity contribution in [2.45, 2.75) is 152 Å². The van der Waals surface area contributed by atoms with E-state index >= 15 is 0 Å². The van der Waals surface area contributed by atoms with Gasteiger partial charge in [-0.1, -0.05) is 45.0 Å². The lowest BCUT2D eigenvalue weighted by atomic mass is 9.73. The molecule has 4 N–H and O–H groups in total. The van der Waals surface area contributed by atoms with E-state index in [1.165, 1.54) is 49.2 Å². The smallest absolute Gasteiger partial charge is 0.425 e. The second-order valence-corrected chi connectivity index (χ2v) is 20.6. The molecule has 6 unspecified atom stereocenters. The number of aliphatic hydroxyl groups excluding tert-OH is 2. The van der Waals surface area contributed by atoms with Gasteiger partial charge in [-0.15, -0.1) is 5.10 Å². The highest BCUT2D eigenvalue weighted by atomic mass is 32.2. The Balaban J connectivity index is 1.36. The summed E-state index contributed by atoms with van der Waals surface area (Å²) in [4.78, 5) is 57.3. The van der Waals surface area contributed by atoms with E-state index in [1.54, 1.807) is 48.6 Å². The number of hydrazine groups is 1. The quantitative estimate of drug-likeness (QED) is 0.113.